The van der Waals surface area contributed by atoms with E-state index in [2.05, 4.69) is 12.2 Å². The molecule has 0 saturated heterocycles. The van der Waals surface area contributed by atoms with Crippen molar-refractivity contribution < 1.29 is 10.0 Å². The number of hydrogen-bond acceptors (Lipinski definition) is 4. The van der Waals surface area contributed by atoms with Crippen LogP contribution < -0.4 is 5.32 Å². The maximum absolute atomic E-state index is 10.9. The molecule has 2 atom stereocenters. The fourth-order valence-corrected chi connectivity index (χ4v) is 2.27. The van der Waals surface area contributed by atoms with E-state index < -0.39 is 0 Å². The van der Waals surface area contributed by atoms with Crippen molar-refractivity contribution in [2.75, 3.05) is 5.32 Å². The predicted octanol–water partition coefficient (Wildman–Crippen LogP) is 2.69. The van der Waals surface area contributed by atoms with Gasteiger partial charge in [0.05, 0.1) is 11.5 Å². The van der Waals surface area contributed by atoms with Crippen molar-refractivity contribution in [1.82, 2.24) is 0 Å². The van der Waals surface area contributed by atoms with Crippen molar-refractivity contribution in [1.29, 1.82) is 0 Å². The molecule has 2 rings (SSSR count). The standard InChI is InChI=1S/C13H18N2O3/c1-2-3-10-7-11(10)14-12-6-9(8-16)4-5-13(12)15(17)18/h4-6,10-11,14,16H,2-3,7-8H2,1H3. The van der Waals surface area contributed by atoms with Gasteiger partial charge in [0.25, 0.3) is 5.69 Å². The van der Waals surface area contributed by atoms with Crippen LogP contribution in [-0.2, 0) is 6.61 Å². The van der Waals surface area contributed by atoms with Crippen molar-refractivity contribution in [3.05, 3.63) is 33.9 Å². The Labute approximate surface area is 106 Å². The zero-order valence-electron chi connectivity index (χ0n) is 10.4. The first-order valence-electron chi connectivity index (χ1n) is 6.30. The lowest BCUT2D eigenvalue weighted by atomic mass is 10.1. The van der Waals surface area contributed by atoms with Crippen LogP contribution in [0.3, 0.4) is 0 Å². The molecule has 2 unspecified atom stereocenters. The van der Waals surface area contributed by atoms with E-state index in [0.29, 0.717) is 23.2 Å². The van der Waals surface area contributed by atoms with Crippen molar-refractivity contribution in [2.24, 2.45) is 5.92 Å². The highest BCUT2D eigenvalue weighted by Crippen LogP contribution is 2.39. The number of nitrogens with one attached hydrogen (secondary N) is 1. The zero-order valence-corrected chi connectivity index (χ0v) is 10.4. The Morgan fingerprint density at radius 3 is 2.94 bits per heavy atom. The normalized spacial score (nSPS) is 21.7. The number of nitro groups is 1. The second-order valence-corrected chi connectivity index (χ2v) is 4.80. The highest BCUT2D eigenvalue weighted by molar-refractivity contribution is 5.63. The van der Waals surface area contributed by atoms with E-state index >= 15 is 0 Å². The minimum Gasteiger partial charge on any atom is -0.392 e. The maximum atomic E-state index is 10.9. The third-order valence-corrected chi connectivity index (χ3v) is 3.36. The predicted molar refractivity (Wildman–Crippen MR) is 69.4 cm³/mol. The van der Waals surface area contributed by atoms with Crippen LogP contribution in [-0.4, -0.2) is 16.1 Å². The molecule has 0 amide bonds. The highest BCUT2D eigenvalue weighted by atomic mass is 16.6. The summed E-state index contributed by atoms with van der Waals surface area (Å²) in [5.74, 6) is 0.632. The molecule has 0 bridgehead atoms. The van der Waals surface area contributed by atoms with Gasteiger partial charge in [-0.25, -0.2) is 0 Å². The number of nitrogens with zero attached hydrogens (tertiary/aromatic N) is 1. The molecular formula is C13H18N2O3. The van der Waals surface area contributed by atoms with Gasteiger partial charge in [0.1, 0.15) is 5.69 Å². The Morgan fingerprint density at radius 1 is 1.56 bits per heavy atom. The number of aliphatic hydroxyl groups excluding tert-OH is 1. The van der Waals surface area contributed by atoms with E-state index in [1.54, 1.807) is 12.1 Å². The van der Waals surface area contributed by atoms with Gasteiger partial charge in [-0.05, 0) is 36.5 Å². The maximum Gasteiger partial charge on any atom is 0.292 e. The topological polar surface area (TPSA) is 75.4 Å². The third-order valence-electron chi connectivity index (χ3n) is 3.36. The Hall–Kier alpha value is -1.62. The van der Waals surface area contributed by atoms with Gasteiger partial charge < -0.3 is 10.4 Å². The molecule has 1 fully saturated rings. The smallest absolute Gasteiger partial charge is 0.292 e. The molecule has 0 aromatic heterocycles. The largest absolute Gasteiger partial charge is 0.392 e. The highest BCUT2D eigenvalue weighted by Gasteiger charge is 2.37. The van der Waals surface area contributed by atoms with Gasteiger partial charge in [-0.3, -0.25) is 10.1 Å². The van der Waals surface area contributed by atoms with Crippen LogP contribution in [0.15, 0.2) is 18.2 Å². The molecule has 1 aliphatic rings. The summed E-state index contributed by atoms with van der Waals surface area (Å²) >= 11 is 0. The Bertz CT molecular complexity index is 448. The van der Waals surface area contributed by atoms with Crippen LogP contribution in [0.25, 0.3) is 0 Å². The number of benzene rings is 1. The molecular weight excluding hydrogens is 232 g/mol. The quantitative estimate of drug-likeness (QED) is 0.601. The zero-order chi connectivity index (χ0) is 13.1. The fraction of sp³-hybridized carbons (Fsp3) is 0.538. The number of hydrogen-bond donors (Lipinski definition) is 2. The second kappa shape index (κ2) is 5.35. The van der Waals surface area contributed by atoms with Crippen molar-refractivity contribution >= 4 is 11.4 Å². The minimum absolute atomic E-state index is 0.0781. The van der Waals surface area contributed by atoms with E-state index in [0.717, 1.165) is 19.3 Å². The SMILES string of the molecule is CCCC1CC1Nc1cc(CO)ccc1[N+](=O)[O-]. The molecule has 0 heterocycles. The van der Waals surface area contributed by atoms with Crippen LogP contribution in [0.4, 0.5) is 11.4 Å². The summed E-state index contributed by atoms with van der Waals surface area (Å²) in [6.07, 6.45) is 3.38. The van der Waals surface area contributed by atoms with Gasteiger partial charge in [-0.2, -0.15) is 0 Å². The van der Waals surface area contributed by atoms with Crippen LogP contribution in [0.1, 0.15) is 31.7 Å². The number of anilines is 1. The first kappa shape index (κ1) is 12.8. The molecule has 0 radical (unpaired) electrons. The minimum atomic E-state index is -0.388. The summed E-state index contributed by atoms with van der Waals surface area (Å²) < 4.78 is 0. The molecule has 1 aliphatic carbocycles. The van der Waals surface area contributed by atoms with E-state index in [1.807, 2.05) is 0 Å². The van der Waals surface area contributed by atoms with Gasteiger partial charge in [-0.1, -0.05) is 13.3 Å². The average Bonchev–Trinajstić information content (AvgIpc) is 3.07. The molecule has 0 aliphatic heterocycles. The molecule has 1 aromatic rings. The molecule has 5 nitrogen and oxygen atoms in total. The Balaban J connectivity index is 2.12. The van der Waals surface area contributed by atoms with Crippen molar-refractivity contribution in [3.63, 3.8) is 0 Å². The summed E-state index contributed by atoms with van der Waals surface area (Å²) in [6, 6.07) is 5.04. The molecule has 98 valence electrons. The van der Waals surface area contributed by atoms with E-state index in [4.69, 9.17) is 5.11 Å². The average molecular weight is 250 g/mol. The summed E-state index contributed by atoms with van der Waals surface area (Å²) in [7, 11) is 0. The lowest BCUT2D eigenvalue weighted by molar-refractivity contribution is -0.384. The molecule has 0 spiro atoms. The number of rotatable bonds is 6. The van der Waals surface area contributed by atoms with Gasteiger partial charge in [0.15, 0.2) is 0 Å². The van der Waals surface area contributed by atoms with Gasteiger partial charge in [0, 0.05) is 12.1 Å². The molecule has 1 aromatic carbocycles. The first-order chi connectivity index (χ1) is 8.65. The van der Waals surface area contributed by atoms with Gasteiger partial charge in [-0.15, -0.1) is 0 Å². The summed E-state index contributed by atoms with van der Waals surface area (Å²) in [6.45, 7) is 2.04. The van der Waals surface area contributed by atoms with Gasteiger partial charge in [0.2, 0.25) is 0 Å². The first-order valence-corrected chi connectivity index (χ1v) is 6.30. The molecule has 1 saturated carbocycles. The van der Waals surface area contributed by atoms with E-state index in [9.17, 15) is 10.1 Å². The number of nitro benzene ring substituents is 1. The van der Waals surface area contributed by atoms with Crippen LogP contribution in [0.5, 0.6) is 0 Å². The van der Waals surface area contributed by atoms with Crippen molar-refractivity contribution in [2.45, 2.75) is 38.8 Å². The monoisotopic (exact) mass is 250 g/mol. The Morgan fingerprint density at radius 2 is 2.33 bits per heavy atom. The lowest BCUT2D eigenvalue weighted by Gasteiger charge is -2.08. The summed E-state index contributed by atoms with van der Waals surface area (Å²) in [5, 5.41) is 23.2. The second-order valence-electron chi connectivity index (χ2n) is 4.80. The summed E-state index contributed by atoms with van der Waals surface area (Å²) in [5.41, 5.74) is 1.29. The van der Waals surface area contributed by atoms with Crippen LogP contribution in [0, 0.1) is 16.0 Å². The van der Waals surface area contributed by atoms with E-state index in [1.165, 1.54) is 6.07 Å². The number of aliphatic hydroxyl groups is 1. The third kappa shape index (κ3) is 2.79. The lowest BCUT2D eigenvalue weighted by Crippen LogP contribution is -2.07. The Kier molecular flexibility index (Phi) is 3.81. The summed E-state index contributed by atoms with van der Waals surface area (Å²) in [4.78, 5) is 10.5. The fourth-order valence-electron chi connectivity index (χ4n) is 2.27. The van der Waals surface area contributed by atoms with Gasteiger partial charge >= 0.3 is 0 Å². The van der Waals surface area contributed by atoms with Crippen LogP contribution in [0.2, 0.25) is 0 Å². The van der Waals surface area contributed by atoms with Crippen molar-refractivity contribution in [3.8, 4) is 0 Å². The molecule has 18 heavy (non-hydrogen) atoms. The van der Waals surface area contributed by atoms with Crippen LogP contribution >= 0.6 is 0 Å². The van der Waals surface area contributed by atoms with E-state index in [-0.39, 0.29) is 17.2 Å². The molecule has 5 heteroatoms. The molecule has 2 N–H and O–H groups in total.